The number of rotatable bonds is 2. The largest absolute Gasteiger partial charge is 0.295 e. The van der Waals surface area contributed by atoms with Gasteiger partial charge in [-0.3, -0.25) is 14.4 Å². The predicted octanol–water partition coefficient (Wildman–Crippen LogP) is 2.85. The minimum Gasteiger partial charge on any atom is -0.295 e. The zero-order valence-electron chi connectivity index (χ0n) is 12.0. The van der Waals surface area contributed by atoms with E-state index in [0.717, 1.165) is 6.42 Å². The second-order valence-corrected chi connectivity index (χ2v) is 6.64. The maximum atomic E-state index is 12.7. The molecule has 1 saturated heterocycles. The van der Waals surface area contributed by atoms with Gasteiger partial charge in [0.05, 0.1) is 22.5 Å². The summed E-state index contributed by atoms with van der Waals surface area (Å²) in [6.07, 6.45) is 4.99. The van der Waals surface area contributed by atoms with E-state index in [-0.39, 0.29) is 41.3 Å². The van der Waals surface area contributed by atoms with Crippen LogP contribution in [0.5, 0.6) is 0 Å². The Morgan fingerprint density at radius 3 is 2.27 bits per heavy atom. The van der Waals surface area contributed by atoms with Gasteiger partial charge in [-0.15, -0.1) is 0 Å². The van der Waals surface area contributed by atoms with E-state index in [1.807, 2.05) is 12.2 Å². The zero-order chi connectivity index (χ0) is 15.6. The molecule has 22 heavy (non-hydrogen) atoms. The number of ketones is 1. The van der Waals surface area contributed by atoms with Gasteiger partial charge in [-0.1, -0.05) is 23.8 Å². The molecule has 0 radical (unpaired) electrons. The molecule has 2 bridgehead atoms. The molecule has 4 rings (SSSR count). The number of Topliss-reactive ketones (excluding diaryl/α,β-unsaturated/α-hetero) is 1. The smallest absolute Gasteiger partial charge is 0.238 e. The number of anilines is 1. The number of hydrogen-bond donors (Lipinski definition) is 0. The third-order valence-corrected chi connectivity index (χ3v) is 5.38. The van der Waals surface area contributed by atoms with Crippen LogP contribution in [0.2, 0.25) is 5.02 Å². The average Bonchev–Trinajstić information content (AvgIpc) is 3.14. The van der Waals surface area contributed by atoms with E-state index in [1.54, 1.807) is 12.1 Å². The number of halogens is 1. The highest BCUT2D eigenvalue weighted by Crippen LogP contribution is 2.53. The number of benzene rings is 1. The fourth-order valence-electron chi connectivity index (χ4n) is 4.04. The Morgan fingerprint density at radius 2 is 1.73 bits per heavy atom. The fourth-order valence-corrected chi connectivity index (χ4v) is 4.24. The molecule has 4 atom stereocenters. The minimum absolute atomic E-state index is 0.126. The second-order valence-electron chi connectivity index (χ2n) is 6.23. The first kappa shape index (κ1) is 13.7. The van der Waals surface area contributed by atoms with Crippen LogP contribution in [-0.4, -0.2) is 17.6 Å². The van der Waals surface area contributed by atoms with Gasteiger partial charge >= 0.3 is 0 Å². The second kappa shape index (κ2) is 4.53. The molecule has 2 fully saturated rings. The summed E-state index contributed by atoms with van der Waals surface area (Å²) in [7, 11) is 0. The molecule has 4 unspecified atom stereocenters. The van der Waals surface area contributed by atoms with Gasteiger partial charge in [0.2, 0.25) is 11.8 Å². The summed E-state index contributed by atoms with van der Waals surface area (Å²) in [4.78, 5) is 38.2. The molecule has 112 valence electrons. The average molecular weight is 316 g/mol. The van der Waals surface area contributed by atoms with Crippen LogP contribution >= 0.6 is 11.6 Å². The van der Waals surface area contributed by atoms with Crippen LogP contribution < -0.4 is 4.90 Å². The molecule has 0 N–H and O–H groups in total. The lowest BCUT2D eigenvalue weighted by atomic mass is 9.85. The lowest BCUT2D eigenvalue weighted by Crippen LogP contribution is -2.33. The van der Waals surface area contributed by atoms with E-state index in [0.29, 0.717) is 16.3 Å². The van der Waals surface area contributed by atoms with Crippen LogP contribution in [0, 0.1) is 23.7 Å². The third kappa shape index (κ3) is 1.67. The topological polar surface area (TPSA) is 54.5 Å². The summed E-state index contributed by atoms with van der Waals surface area (Å²) in [6.45, 7) is 1.44. The van der Waals surface area contributed by atoms with Gasteiger partial charge in [0.15, 0.2) is 5.78 Å². The molecule has 1 heterocycles. The molecule has 2 amide bonds. The van der Waals surface area contributed by atoms with E-state index >= 15 is 0 Å². The van der Waals surface area contributed by atoms with Crippen LogP contribution in [0.4, 0.5) is 5.69 Å². The normalized spacial score (nSPS) is 32.0. The van der Waals surface area contributed by atoms with Gasteiger partial charge in [-0.25, -0.2) is 4.90 Å². The van der Waals surface area contributed by atoms with Crippen LogP contribution in [0.15, 0.2) is 30.4 Å². The maximum Gasteiger partial charge on any atom is 0.238 e. The van der Waals surface area contributed by atoms with Crippen molar-refractivity contribution in [3.8, 4) is 0 Å². The summed E-state index contributed by atoms with van der Waals surface area (Å²) in [5.41, 5.74) is 0.774. The van der Waals surface area contributed by atoms with Crippen molar-refractivity contribution in [3.05, 3.63) is 40.9 Å². The lowest BCUT2D eigenvalue weighted by Gasteiger charge is -2.19. The Balaban J connectivity index is 1.79. The first-order chi connectivity index (χ1) is 10.5. The summed E-state index contributed by atoms with van der Waals surface area (Å²) < 4.78 is 0. The number of hydrogen-bond acceptors (Lipinski definition) is 3. The van der Waals surface area contributed by atoms with Crippen molar-refractivity contribution in [1.82, 2.24) is 0 Å². The molecule has 0 aromatic heterocycles. The maximum absolute atomic E-state index is 12.7. The molecular weight excluding hydrogens is 302 g/mol. The number of amides is 2. The molecule has 5 heteroatoms. The highest BCUT2D eigenvalue weighted by Gasteiger charge is 2.59. The van der Waals surface area contributed by atoms with E-state index in [9.17, 15) is 14.4 Å². The van der Waals surface area contributed by atoms with Crippen LogP contribution in [0.3, 0.4) is 0 Å². The first-order valence-corrected chi connectivity index (χ1v) is 7.73. The van der Waals surface area contributed by atoms with Crippen LogP contribution in [0.1, 0.15) is 23.7 Å². The van der Waals surface area contributed by atoms with Gasteiger partial charge < -0.3 is 0 Å². The summed E-state index contributed by atoms with van der Waals surface area (Å²) in [5.74, 6) is -0.709. The van der Waals surface area contributed by atoms with Gasteiger partial charge in [-0.05, 0) is 43.4 Å². The Bertz CT molecular complexity index is 724. The van der Waals surface area contributed by atoms with Gasteiger partial charge in [0.1, 0.15) is 0 Å². The van der Waals surface area contributed by atoms with Crippen molar-refractivity contribution in [1.29, 1.82) is 0 Å². The van der Waals surface area contributed by atoms with Gasteiger partial charge in [0, 0.05) is 5.56 Å². The predicted molar refractivity (Wildman–Crippen MR) is 81.7 cm³/mol. The van der Waals surface area contributed by atoms with Crippen molar-refractivity contribution in [2.75, 3.05) is 4.90 Å². The lowest BCUT2D eigenvalue weighted by molar-refractivity contribution is -0.123. The van der Waals surface area contributed by atoms with Crippen molar-refractivity contribution >= 4 is 34.9 Å². The number of imide groups is 1. The van der Waals surface area contributed by atoms with Gasteiger partial charge in [-0.2, -0.15) is 0 Å². The summed E-state index contributed by atoms with van der Waals surface area (Å²) >= 11 is 6.18. The monoisotopic (exact) mass is 315 g/mol. The zero-order valence-corrected chi connectivity index (χ0v) is 12.7. The Morgan fingerprint density at radius 1 is 1.14 bits per heavy atom. The number of carbonyl (C=O) groups is 3. The molecule has 3 aliphatic rings. The van der Waals surface area contributed by atoms with E-state index in [2.05, 4.69) is 0 Å². The van der Waals surface area contributed by atoms with Crippen LogP contribution in [0.25, 0.3) is 0 Å². The fraction of sp³-hybridized carbons (Fsp3) is 0.353. The van der Waals surface area contributed by atoms with Crippen molar-refractivity contribution in [3.63, 3.8) is 0 Å². The molecule has 1 aliphatic heterocycles. The van der Waals surface area contributed by atoms with E-state index in [4.69, 9.17) is 11.6 Å². The number of nitrogens with zero attached hydrogens (tertiary/aromatic N) is 1. The minimum atomic E-state index is -0.264. The summed E-state index contributed by atoms with van der Waals surface area (Å²) in [5, 5.41) is 0.312. The standard InChI is InChI=1S/C17H14ClNO3/c1-8(20)9-4-5-12(18)13(7-9)19-16(21)14-10-2-3-11(6-10)15(14)17(19)22/h2-5,7,10-11,14-15H,6H2,1H3. The molecule has 0 spiro atoms. The Hall–Kier alpha value is -1.94. The van der Waals surface area contributed by atoms with Crippen molar-refractivity contribution in [2.45, 2.75) is 13.3 Å². The SMILES string of the molecule is CC(=O)c1ccc(Cl)c(N2C(=O)C3C4C=CC(C4)C3C2=O)c1. The van der Waals surface area contributed by atoms with E-state index < -0.39 is 0 Å². The first-order valence-electron chi connectivity index (χ1n) is 7.35. The number of allylic oxidation sites excluding steroid dienone is 2. The Labute approximate surface area is 132 Å². The quantitative estimate of drug-likeness (QED) is 0.479. The molecule has 2 aliphatic carbocycles. The molecule has 4 nitrogen and oxygen atoms in total. The number of carbonyl (C=O) groups excluding carboxylic acids is 3. The van der Waals surface area contributed by atoms with Crippen molar-refractivity contribution in [2.24, 2.45) is 23.7 Å². The third-order valence-electron chi connectivity index (χ3n) is 5.06. The van der Waals surface area contributed by atoms with Crippen molar-refractivity contribution < 1.29 is 14.4 Å². The molecule has 1 saturated carbocycles. The Kier molecular flexibility index (Phi) is 2.82. The summed E-state index contributed by atoms with van der Waals surface area (Å²) in [6, 6.07) is 4.71. The molecule has 1 aromatic rings. The van der Waals surface area contributed by atoms with Gasteiger partial charge in [0.25, 0.3) is 0 Å². The highest BCUT2D eigenvalue weighted by molar-refractivity contribution is 6.36. The molecule has 1 aromatic carbocycles. The van der Waals surface area contributed by atoms with Crippen LogP contribution in [-0.2, 0) is 9.59 Å². The number of fused-ring (bicyclic) bond motifs is 5. The highest BCUT2D eigenvalue weighted by atomic mass is 35.5. The van der Waals surface area contributed by atoms with E-state index in [1.165, 1.54) is 17.9 Å². The molecular formula is C17H14ClNO3.